The molecular formula is C23H15ClF2N4O3. The molecule has 0 saturated heterocycles. The van der Waals surface area contributed by atoms with Crippen molar-refractivity contribution in [2.45, 2.75) is 0 Å². The lowest BCUT2D eigenvalue weighted by molar-refractivity contribution is -0.125. The third-order valence-electron chi connectivity index (χ3n) is 4.72. The summed E-state index contributed by atoms with van der Waals surface area (Å²) in [6.45, 7) is 0. The fourth-order valence-electron chi connectivity index (χ4n) is 3.06. The standard InChI is InChI=1S/C23H15ClF2N4O3/c24-20-19(7-8-29-22(20)27)33-18-6-5-14(9-17(18)26)30-23(32)16-11-28-10-15(21(16)31)12-1-3-13(25)4-2-12/h1-11,16H,(H2,27,29)(H,30,32). The molecule has 166 valence electrons. The maximum Gasteiger partial charge on any atom is 0.240 e. The van der Waals surface area contributed by atoms with E-state index in [4.69, 9.17) is 22.1 Å². The monoisotopic (exact) mass is 468 g/mol. The van der Waals surface area contributed by atoms with E-state index in [9.17, 15) is 18.4 Å². The maximum absolute atomic E-state index is 14.6. The van der Waals surface area contributed by atoms with Crippen LogP contribution in [0, 0.1) is 17.6 Å². The summed E-state index contributed by atoms with van der Waals surface area (Å²) in [6, 6.07) is 10.4. The van der Waals surface area contributed by atoms with Gasteiger partial charge >= 0.3 is 0 Å². The number of nitrogens with two attached hydrogens (primary N) is 1. The molecule has 3 aromatic rings. The molecule has 0 saturated carbocycles. The molecule has 0 aliphatic carbocycles. The van der Waals surface area contributed by atoms with Gasteiger partial charge in [0.2, 0.25) is 5.91 Å². The number of aliphatic imine (C=N–C) groups is 1. The highest BCUT2D eigenvalue weighted by Gasteiger charge is 2.30. The average Bonchev–Trinajstić information content (AvgIpc) is 2.79. The van der Waals surface area contributed by atoms with Gasteiger partial charge in [0.15, 0.2) is 23.1 Å². The van der Waals surface area contributed by atoms with Crippen molar-refractivity contribution in [1.29, 1.82) is 0 Å². The molecule has 1 aliphatic heterocycles. The number of pyridine rings is 1. The van der Waals surface area contributed by atoms with Crippen LogP contribution in [0.5, 0.6) is 11.5 Å². The first kappa shape index (κ1) is 22.1. The summed E-state index contributed by atoms with van der Waals surface area (Å²) in [4.78, 5) is 33.2. The van der Waals surface area contributed by atoms with Crippen molar-refractivity contribution >= 4 is 46.6 Å². The molecule has 2 aromatic carbocycles. The van der Waals surface area contributed by atoms with Crippen molar-refractivity contribution in [3.8, 4) is 11.5 Å². The van der Waals surface area contributed by atoms with Crippen molar-refractivity contribution in [2.24, 2.45) is 10.9 Å². The summed E-state index contributed by atoms with van der Waals surface area (Å²) < 4.78 is 33.2. The van der Waals surface area contributed by atoms with Crippen LogP contribution in [-0.4, -0.2) is 22.9 Å². The third kappa shape index (κ3) is 4.73. The number of aromatic nitrogens is 1. The van der Waals surface area contributed by atoms with E-state index in [-0.39, 0.29) is 33.6 Å². The van der Waals surface area contributed by atoms with E-state index in [1.165, 1.54) is 61.1 Å². The minimum absolute atomic E-state index is 0.0336. The topological polar surface area (TPSA) is 107 Å². The Hall–Kier alpha value is -4.11. The van der Waals surface area contributed by atoms with E-state index in [1.54, 1.807) is 0 Å². The summed E-state index contributed by atoms with van der Waals surface area (Å²) in [5, 5.41) is 2.52. The minimum Gasteiger partial charge on any atom is -0.453 e. The number of anilines is 2. The average molecular weight is 469 g/mol. The van der Waals surface area contributed by atoms with Gasteiger partial charge in [0.05, 0.1) is 0 Å². The molecular weight excluding hydrogens is 454 g/mol. The van der Waals surface area contributed by atoms with E-state index >= 15 is 0 Å². The van der Waals surface area contributed by atoms with Gasteiger partial charge in [0.25, 0.3) is 0 Å². The lowest BCUT2D eigenvalue weighted by Gasteiger charge is -2.17. The fourth-order valence-corrected chi connectivity index (χ4v) is 3.21. The molecule has 10 heteroatoms. The Bertz CT molecular complexity index is 1310. The van der Waals surface area contributed by atoms with Gasteiger partial charge < -0.3 is 15.8 Å². The normalized spacial score (nSPS) is 15.2. The number of halogens is 3. The quantitative estimate of drug-likeness (QED) is 0.531. The number of amides is 1. The molecule has 4 rings (SSSR count). The van der Waals surface area contributed by atoms with Crippen LogP contribution >= 0.6 is 11.6 Å². The van der Waals surface area contributed by atoms with E-state index in [2.05, 4.69) is 15.3 Å². The predicted molar refractivity (Wildman–Crippen MR) is 120 cm³/mol. The van der Waals surface area contributed by atoms with Crippen LogP contribution in [0.25, 0.3) is 5.57 Å². The number of Topliss-reactive ketones (excluding diaryl/α,β-unsaturated/α-hetero) is 1. The molecule has 0 bridgehead atoms. The Balaban J connectivity index is 1.47. The van der Waals surface area contributed by atoms with Gasteiger partial charge in [-0.3, -0.25) is 14.6 Å². The number of benzene rings is 2. The highest BCUT2D eigenvalue weighted by Crippen LogP contribution is 2.34. The first-order chi connectivity index (χ1) is 15.8. The van der Waals surface area contributed by atoms with Crippen molar-refractivity contribution in [3.05, 3.63) is 83.1 Å². The van der Waals surface area contributed by atoms with Crippen LogP contribution in [-0.2, 0) is 9.59 Å². The van der Waals surface area contributed by atoms with Crippen LogP contribution in [0.15, 0.2) is 65.9 Å². The summed E-state index contributed by atoms with van der Waals surface area (Å²) >= 11 is 6.00. The van der Waals surface area contributed by atoms with Gasteiger partial charge in [-0.25, -0.2) is 13.8 Å². The van der Waals surface area contributed by atoms with Gasteiger partial charge in [-0.2, -0.15) is 0 Å². The van der Waals surface area contributed by atoms with Gasteiger partial charge in [-0.05, 0) is 29.8 Å². The summed E-state index contributed by atoms with van der Waals surface area (Å²) in [5.74, 6) is -3.69. The molecule has 0 spiro atoms. The van der Waals surface area contributed by atoms with Gasteiger partial charge in [0, 0.05) is 42.0 Å². The smallest absolute Gasteiger partial charge is 0.240 e. The molecule has 1 aliphatic rings. The number of ether oxygens (including phenoxy) is 1. The Labute approximate surface area is 191 Å². The maximum atomic E-state index is 14.6. The zero-order chi connectivity index (χ0) is 23.5. The molecule has 1 amide bonds. The van der Waals surface area contributed by atoms with E-state index in [1.807, 2.05) is 0 Å². The van der Waals surface area contributed by atoms with Crippen LogP contribution < -0.4 is 15.8 Å². The zero-order valence-electron chi connectivity index (χ0n) is 16.8. The largest absolute Gasteiger partial charge is 0.453 e. The van der Waals surface area contributed by atoms with E-state index in [0.29, 0.717) is 5.56 Å². The summed E-state index contributed by atoms with van der Waals surface area (Å²) in [7, 11) is 0. The highest BCUT2D eigenvalue weighted by molar-refractivity contribution is 6.35. The number of allylic oxidation sites excluding steroid dienone is 1. The first-order valence-corrected chi connectivity index (χ1v) is 9.93. The van der Waals surface area contributed by atoms with Crippen molar-refractivity contribution < 1.29 is 23.1 Å². The number of hydrogen-bond donors (Lipinski definition) is 2. The number of nitrogens with zero attached hydrogens (tertiary/aromatic N) is 2. The number of carbonyl (C=O) groups excluding carboxylic acids is 2. The Morgan fingerprint density at radius 3 is 2.58 bits per heavy atom. The fraction of sp³-hybridized carbons (Fsp3) is 0.0435. The second-order valence-electron chi connectivity index (χ2n) is 6.93. The molecule has 1 unspecified atom stereocenters. The SMILES string of the molecule is Nc1nccc(Oc2ccc(NC(=O)C3C=NC=C(c4ccc(F)cc4)C3=O)cc2F)c1Cl. The van der Waals surface area contributed by atoms with Crippen molar-refractivity contribution in [1.82, 2.24) is 4.98 Å². The molecule has 7 nitrogen and oxygen atoms in total. The van der Waals surface area contributed by atoms with Crippen LogP contribution in [0.4, 0.5) is 20.3 Å². The van der Waals surface area contributed by atoms with E-state index in [0.717, 1.165) is 6.07 Å². The number of hydrogen-bond acceptors (Lipinski definition) is 6. The highest BCUT2D eigenvalue weighted by atomic mass is 35.5. The zero-order valence-corrected chi connectivity index (χ0v) is 17.5. The van der Waals surface area contributed by atoms with Crippen LogP contribution in [0.2, 0.25) is 5.02 Å². The minimum atomic E-state index is -1.23. The Kier molecular flexibility index (Phi) is 6.14. The van der Waals surface area contributed by atoms with Crippen LogP contribution in [0.3, 0.4) is 0 Å². The molecule has 1 atom stereocenters. The van der Waals surface area contributed by atoms with Gasteiger partial charge in [-0.15, -0.1) is 0 Å². The molecule has 33 heavy (non-hydrogen) atoms. The number of ketones is 1. The lowest BCUT2D eigenvalue weighted by atomic mass is 9.91. The van der Waals surface area contributed by atoms with Gasteiger partial charge in [-0.1, -0.05) is 23.7 Å². The number of carbonyl (C=O) groups is 2. The lowest BCUT2D eigenvalue weighted by Crippen LogP contribution is -2.32. The molecule has 1 aromatic heterocycles. The van der Waals surface area contributed by atoms with Crippen LogP contribution in [0.1, 0.15) is 5.56 Å². The Morgan fingerprint density at radius 2 is 1.85 bits per heavy atom. The second-order valence-corrected chi connectivity index (χ2v) is 7.31. The summed E-state index contributed by atoms with van der Waals surface area (Å²) in [5.41, 5.74) is 6.30. The first-order valence-electron chi connectivity index (χ1n) is 9.55. The van der Waals surface area contributed by atoms with Crippen molar-refractivity contribution in [3.63, 3.8) is 0 Å². The van der Waals surface area contributed by atoms with E-state index < -0.39 is 29.2 Å². The molecule has 0 fully saturated rings. The Morgan fingerprint density at radius 1 is 1.09 bits per heavy atom. The number of nitrogens with one attached hydrogen (secondary N) is 1. The number of rotatable bonds is 5. The van der Waals surface area contributed by atoms with Gasteiger partial charge in [0.1, 0.15) is 22.6 Å². The third-order valence-corrected chi connectivity index (χ3v) is 5.10. The molecule has 0 radical (unpaired) electrons. The second kappa shape index (κ2) is 9.17. The predicted octanol–water partition coefficient (Wildman–Crippen LogP) is 4.64. The number of nitrogen functional groups attached to an aromatic ring is 1. The molecule has 2 heterocycles. The summed E-state index contributed by atoms with van der Waals surface area (Å²) in [6.07, 6.45) is 3.86. The van der Waals surface area contributed by atoms with Crippen molar-refractivity contribution in [2.75, 3.05) is 11.1 Å². The molecule has 3 N–H and O–H groups in total.